The maximum atomic E-state index is 12.8. The van der Waals surface area contributed by atoms with Gasteiger partial charge in [0, 0.05) is 5.02 Å². The lowest BCUT2D eigenvalue weighted by Gasteiger charge is -2.30. The lowest BCUT2D eigenvalue weighted by Crippen LogP contribution is -2.48. The number of amides is 1. The molecule has 2 rings (SSSR count). The topological polar surface area (TPSA) is 66.5 Å². The van der Waals surface area contributed by atoms with E-state index in [1.165, 1.54) is 6.07 Å². The Balaban J connectivity index is 2.28. The average molecular weight is 395 g/mol. The van der Waals surface area contributed by atoms with E-state index in [-0.39, 0.29) is 11.9 Å². The van der Waals surface area contributed by atoms with Crippen molar-refractivity contribution in [3.05, 3.63) is 65.2 Å². The van der Waals surface area contributed by atoms with E-state index in [9.17, 15) is 13.2 Å². The molecule has 0 heterocycles. The summed E-state index contributed by atoms with van der Waals surface area (Å²) in [6.07, 6.45) is 1.77. The Labute approximate surface area is 160 Å². The predicted molar refractivity (Wildman–Crippen MR) is 106 cm³/mol. The highest BCUT2D eigenvalue weighted by atomic mass is 35.5. The molecule has 2 aromatic rings. The van der Waals surface area contributed by atoms with E-state index in [1.807, 2.05) is 37.3 Å². The largest absolute Gasteiger partial charge is 0.347 e. The first kappa shape index (κ1) is 20.3. The Morgan fingerprint density at radius 1 is 1.15 bits per heavy atom. The quantitative estimate of drug-likeness (QED) is 0.777. The first-order chi connectivity index (χ1) is 12.2. The van der Waals surface area contributed by atoms with Crippen LogP contribution in [0.25, 0.3) is 0 Å². The summed E-state index contributed by atoms with van der Waals surface area (Å²) in [7, 11) is -3.67. The number of nitrogens with one attached hydrogen (secondary N) is 1. The van der Waals surface area contributed by atoms with Gasteiger partial charge in [-0.25, -0.2) is 8.42 Å². The van der Waals surface area contributed by atoms with Crippen LogP contribution in [-0.2, 0) is 14.8 Å². The second-order valence-electron chi connectivity index (χ2n) is 6.09. The second kappa shape index (κ2) is 8.56. The van der Waals surface area contributed by atoms with Crippen LogP contribution < -0.4 is 9.62 Å². The standard InChI is InChI=1S/C19H23ClN2O3S/c1-4-18(15-9-6-5-7-10-15)21-19(23)14(2)22(26(3,24)25)17-12-8-11-16(20)13-17/h5-14,18H,4H2,1-3H3,(H,21,23)/t14-,18+/m0/s1. The summed E-state index contributed by atoms with van der Waals surface area (Å²) in [4.78, 5) is 12.8. The molecule has 0 spiro atoms. The van der Waals surface area contributed by atoms with E-state index in [0.717, 1.165) is 16.1 Å². The van der Waals surface area contributed by atoms with Crippen LogP contribution in [0.2, 0.25) is 5.02 Å². The molecule has 0 radical (unpaired) electrons. The van der Waals surface area contributed by atoms with Crippen molar-refractivity contribution >= 4 is 33.2 Å². The number of rotatable bonds is 7. The number of carbonyl (C=O) groups is 1. The number of anilines is 1. The molecule has 0 aliphatic heterocycles. The summed E-state index contributed by atoms with van der Waals surface area (Å²) < 4.78 is 25.7. The minimum Gasteiger partial charge on any atom is -0.347 e. The van der Waals surface area contributed by atoms with Crippen molar-refractivity contribution in [3.8, 4) is 0 Å². The minimum absolute atomic E-state index is 0.188. The van der Waals surface area contributed by atoms with E-state index in [4.69, 9.17) is 11.6 Å². The van der Waals surface area contributed by atoms with Crippen LogP contribution in [0.1, 0.15) is 31.9 Å². The van der Waals surface area contributed by atoms with Crippen LogP contribution in [0.15, 0.2) is 54.6 Å². The second-order valence-corrected chi connectivity index (χ2v) is 8.39. The zero-order chi connectivity index (χ0) is 19.3. The monoisotopic (exact) mass is 394 g/mol. The predicted octanol–water partition coefficient (Wildman–Crippen LogP) is 3.76. The Bertz CT molecular complexity index is 856. The fraction of sp³-hybridized carbons (Fsp3) is 0.316. The van der Waals surface area contributed by atoms with Gasteiger partial charge in [-0.1, -0.05) is 54.9 Å². The molecule has 7 heteroatoms. The summed E-state index contributed by atoms with van der Waals surface area (Å²) in [6, 6.07) is 14.9. The summed E-state index contributed by atoms with van der Waals surface area (Å²) in [5, 5.41) is 3.34. The van der Waals surface area contributed by atoms with Crippen LogP contribution >= 0.6 is 11.6 Å². The van der Waals surface area contributed by atoms with Gasteiger partial charge in [0.2, 0.25) is 15.9 Å². The highest BCUT2D eigenvalue weighted by Crippen LogP contribution is 2.25. The normalized spacial score (nSPS) is 13.7. The molecule has 1 N–H and O–H groups in total. The minimum atomic E-state index is -3.67. The molecule has 0 saturated carbocycles. The van der Waals surface area contributed by atoms with Crippen LogP contribution in [0.5, 0.6) is 0 Å². The van der Waals surface area contributed by atoms with Gasteiger partial charge >= 0.3 is 0 Å². The van der Waals surface area contributed by atoms with Crippen molar-refractivity contribution in [1.82, 2.24) is 5.32 Å². The van der Waals surface area contributed by atoms with E-state index >= 15 is 0 Å². The molecule has 0 aliphatic rings. The first-order valence-electron chi connectivity index (χ1n) is 8.34. The molecule has 0 unspecified atom stereocenters. The van der Waals surface area contributed by atoms with Gasteiger partial charge < -0.3 is 5.32 Å². The average Bonchev–Trinajstić information content (AvgIpc) is 2.59. The smallest absolute Gasteiger partial charge is 0.244 e. The van der Waals surface area contributed by atoms with Gasteiger partial charge in [0.15, 0.2) is 0 Å². The SMILES string of the molecule is CC[C@@H](NC(=O)[C@H](C)N(c1cccc(Cl)c1)S(C)(=O)=O)c1ccccc1. The molecule has 0 bridgehead atoms. The van der Waals surface area contributed by atoms with Crippen molar-refractivity contribution in [2.75, 3.05) is 10.6 Å². The summed E-state index contributed by atoms with van der Waals surface area (Å²) in [6.45, 7) is 3.53. The number of sulfonamides is 1. The molecule has 0 saturated heterocycles. The third-order valence-corrected chi connectivity index (χ3v) is 5.55. The van der Waals surface area contributed by atoms with Gasteiger partial charge in [0.25, 0.3) is 0 Å². The lowest BCUT2D eigenvalue weighted by atomic mass is 10.0. The molecule has 26 heavy (non-hydrogen) atoms. The number of benzene rings is 2. The molecule has 140 valence electrons. The maximum Gasteiger partial charge on any atom is 0.244 e. The third kappa shape index (κ3) is 4.99. The van der Waals surface area contributed by atoms with E-state index < -0.39 is 16.1 Å². The number of halogens is 1. The van der Waals surface area contributed by atoms with E-state index in [1.54, 1.807) is 25.1 Å². The molecule has 1 amide bonds. The van der Waals surface area contributed by atoms with Crippen LogP contribution in [0, 0.1) is 0 Å². The van der Waals surface area contributed by atoms with Crippen molar-refractivity contribution < 1.29 is 13.2 Å². The van der Waals surface area contributed by atoms with Gasteiger partial charge in [-0.05, 0) is 37.1 Å². The summed E-state index contributed by atoms with van der Waals surface area (Å²) in [5.74, 6) is -0.369. The molecule has 5 nitrogen and oxygen atoms in total. The molecule has 0 aliphatic carbocycles. The molecule has 0 aromatic heterocycles. The van der Waals surface area contributed by atoms with Gasteiger partial charge in [0.05, 0.1) is 18.0 Å². The molecule has 2 aromatic carbocycles. The van der Waals surface area contributed by atoms with Crippen LogP contribution in [-0.4, -0.2) is 26.6 Å². The zero-order valence-electron chi connectivity index (χ0n) is 15.0. The number of carbonyl (C=O) groups excluding carboxylic acids is 1. The number of nitrogens with zero attached hydrogens (tertiary/aromatic N) is 1. The van der Waals surface area contributed by atoms with E-state index in [0.29, 0.717) is 17.1 Å². The van der Waals surface area contributed by atoms with Gasteiger partial charge in [-0.2, -0.15) is 0 Å². The van der Waals surface area contributed by atoms with Gasteiger partial charge in [0.1, 0.15) is 6.04 Å². The fourth-order valence-electron chi connectivity index (χ4n) is 2.82. The van der Waals surface area contributed by atoms with Crippen molar-refractivity contribution in [2.45, 2.75) is 32.4 Å². The van der Waals surface area contributed by atoms with Gasteiger partial charge in [-0.3, -0.25) is 9.10 Å². The molecular weight excluding hydrogens is 372 g/mol. The lowest BCUT2D eigenvalue weighted by molar-refractivity contribution is -0.122. The van der Waals surface area contributed by atoms with Crippen molar-refractivity contribution in [3.63, 3.8) is 0 Å². The third-order valence-electron chi connectivity index (χ3n) is 4.08. The highest BCUT2D eigenvalue weighted by Gasteiger charge is 2.30. The Hall–Kier alpha value is -2.05. The fourth-order valence-corrected chi connectivity index (χ4v) is 4.17. The van der Waals surface area contributed by atoms with E-state index in [2.05, 4.69) is 5.32 Å². The maximum absolute atomic E-state index is 12.8. The zero-order valence-corrected chi connectivity index (χ0v) is 16.6. The number of hydrogen-bond donors (Lipinski definition) is 1. The Morgan fingerprint density at radius 3 is 2.35 bits per heavy atom. The number of hydrogen-bond acceptors (Lipinski definition) is 3. The van der Waals surface area contributed by atoms with Crippen LogP contribution in [0.3, 0.4) is 0 Å². The van der Waals surface area contributed by atoms with Gasteiger partial charge in [-0.15, -0.1) is 0 Å². The molecule has 0 fully saturated rings. The first-order valence-corrected chi connectivity index (χ1v) is 10.6. The molecular formula is C19H23ClN2O3S. The highest BCUT2D eigenvalue weighted by molar-refractivity contribution is 7.92. The summed E-state index contributed by atoms with van der Waals surface area (Å²) in [5.41, 5.74) is 1.33. The summed E-state index contributed by atoms with van der Waals surface area (Å²) >= 11 is 5.99. The van der Waals surface area contributed by atoms with Crippen LogP contribution in [0.4, 0.5) is 5.69 Å². The Kier molecular flexibility index (Phi) is 6.67. The van der Waals surface area contributed by atoms with Crippen molar-refractivity contribution in [2.24, 2.45) is 0 Å². The Morgan fingerprint density at radius 2 is 1.81 bits per heavy atom. The van der Waals surface area contributed by atoms with Crippen molar-refractivity contribution in [1.29, 1.82) is 0 Å². The molecule has 2 atom stereocenters.